The third-order valence-corrected chi connectivity index (χ3v) is 0.171. The molecule has 6 heavy (non-hydrogen) atoms. The van der Waals surface area contributed by atoms with Gasteiger partial charge in [-0.05, 0) is 6.10 Å². The Morgan fingerprint density at radius 3 is 2.00 bits per heavy atom. The minimum atomic E-state index is -0.921. The molecule has 0 saturated heterocycles. The quantitative estimate of drug-likeness (QED) is 0.271. The minimum Gasteiger partial charge on any atom is -0.539 e. The molecule has 1 N–H and O–H groups in total. The van der Waals surface area contributed by atoms with E-state index in [-0.39, 0.29) is 29.6 Å². The van der Waals surface area contributed by atoms with Crippen LogP contribution >= 0.6 is 0 Å². The van der Waals surface area contributed by atoms with Crippen LogP contribution in [0.15, 0.2) is 0 Å². The molecule has 30 valence electrons. The van der Waals surface area contributed by atoms with E-state index in [0.717, 1.165) is 0 Å². The summed E-state index contributed by atoms with van der Waals surface area (Å²) in [5, 5.41) is 7.94. The molecule has 0 aromatic heterocycles. The molecule has 0 aliphatic heterocycles. The van der Waals surface area contributed by atoms with E-state index in [1.807, 2.05) is 0 Å². The van der Waals surface area contributed by atoms with E-state index in [4.69, 9.17) is 9.90 Å². The van der Waals surface area contributed by atoms with Crippen molar-refractivity contribution in [3.05, 3.63) is 0 Å². The van der Waals surface area contributed by atoms with Gasteiger partial charge in [0.15, 0.2) is 0 Å². The monoisotopic (exact) mass is 96.0 g/mol. The Morgan fingerprint density at radius 1 is 1.83 bits per heavy atom. The number of aliphatic hydroxyl groups is 1. The molecule has 0 rings (SSSR count). The van der Waals surface area contributed by atoms with Crippen molar-refractivity contribution in [1.29, 1.82) is 0 Å². The van der Waals surface area contributed by atoms with Crippen LogP contribution in [0.4, 0.5) is 0 Å². The first-order valence-electron chi connectivity index (χ1n) is 1.33. The van der Waals surface area contributed by atoms with Crippen LogP contribution in [-0.4, -0.2) is 17.5 Å². The molecule has 0 saturated carbocycles. The van der Waals surface area contributed by atoms with E-state index < -0.39 is 6.10 Å². The second-order valence-electron chi connectivity index (χ2n) is 0.794. The predicted molar refractivity (Wildman–Crippen MR) is 17.4 cm³/mol. The Morgan fingerprint density at radius 2 is 2.00 bits per heavy atom. The Kier molecular flexibility index (Phi) is 9.20. The maximum atomic E-state index is 9.13. The maximum Gasteiger partial charge on any atom is 1.00 e. The largest absolute Gasteiger partial charge is 1.00 e. The van der Waals surface area contributed by atoms with Gasteiger partial charge in [0.2, 0.25) is 0 Å². The Bertz CT molecular complexity index is 35.8. The van der Waals surface area contributed by atoms with Crippen LogP contribution in [-0.2, 0) is 4.79 Å². The van der Waals surface area contributed by atoms with Gasteiger partial charge in [0.05, 0.1) is 0 Å². The van der Waals surface area contributed by atoms with Crippen LogP contribution in [0.2, 0.25) is 0 Å². The summed E-state index contributed by atoms with van der Waals surface area (Å²) in [5.74, 6) is 0. The Labute approximate surface area is 58.8 Å². The fraction of sp³-hybridized carbons (Fsp3) is 0.667. The summed E-state index contributed by atoms with van der Waals surface area (Å²) >= 11 is 0. The fourth-order valence-electron chi connectivity index (χ4n) is 0. The van der Waals surface area contributed by atoms with Crippen molar-refractivity contribution in [3.8, 4) is 0 Å². The molecule has 0 amide bonds. The first-order valence-corrected chi connectivity index (χ1v) is 1.33. The minimum absolute atomic E-state index is 0. The summed E-state index contributed by atoms with van der Waals surface area (Å²) < 4.78 is 0. The predicted octanol–water partition coefficient (Wildman–Crippen LogP) is -3.52. The van der Waals surface area contributed by atoms with Crippen LogP contribution in [0.1, 0.15) is 6.92 Å². The first kappa shape index (κ1) is 9.80. The van der Waals surface area contributed by atoms with Gasteiger partial charge >= 0.3 is 29.6 Å². The average Bonchev–Trinajstić information content (AvgIpc) is 1.38. The normalized spacial score (nSPS) is 11.7. The molecule has 0 radical (unpaired) electrons. The molecule has 3 heteroatoms. The number of rotatable bonds is 1. The molecule has 0 spiro atoms. The van der Waals surface area contributed by atoms with E-state index in [2.05, 4.69) is 0 Å². The molecule has 0 heterocycles. The van der Waals surface area contributed by atoms with Gasteiger partial charge in [0, 0.05) is 0 Å². The number of hydrogen-bond donors (Lipinski definition) is 1. The average molecular weight is 96.1 g/mol. The van der Waals surface area contributed by atoms with E-state index in [0.29, 0.717) is 0 Å². The van der Waals surface area contributed by atoms with Crippen molar-refractivity contribution < 1.29 is 39.5 Å². The van der Waals surface area contributed by atoms with Crippen molar-refractivity contribution in [2.45, 2.75) is 13.0 Å². The third kappa shape index (κ3) is 8.82. The van der Waals surface area contributed by atoms with Crippen LogP contribution < -0.4 is 29.6 Å². The second kappa shape index (κ2) is 5.63. The maximum absolute atomic E-state index is 9.13. The molecular formula is C3H5NaO2. The van der Waals surface area contributed by atoms with E-state index in [1.54, 1.807) is 0 Å². The molecule has 0 fully saturated rings. The molecule has 0 aromatic rings. The van der Waals surface area contributed by atoms with Gasteiger partial charge in [-0.3, -0.25) is 0 Å². The van der Waals surface area contributed by atoms with E-state index in [1.165, 1.54) is 13.2 Å². The summed E-state index contributed by atoms with van der Waals surface area (Å²) in [7, 11) is 0. The Balaban J connectivity index is 0. The van der Waals surface area contributed by atoms with Crippen LogP contribution in [0.3, 0.4) is 0 Å². The summed E-state index contributed by atoms with van der Waals surface area (Å²) in [6.45, 7) is 1.35. The van der Waals surface area contributed by atoms with Gasteiger partial charge in [-0.1, -0.05) is 6.92 Å². The zero-order valence-electron chi connectivity index (χ0n) is 3.93. The zero-order valence-corrected chi connectivity index (χ0v) is 5.93. The van der Waals surface area contributed by atoms with Gasteiger partial charge in [0.1, 0.15) is 0 Å². The van der Waals surface area contributed by atoms with Gasteiger partial charge in [-0.15, -0.1) is 0 Å². The third-order valence-electron chi connectivity index (χ3n) is 0.171. The summed E-state index contributed by atoms with van der Waals surface area (Å²) in [6.07, 6.45) is 0.412. The van der Waals surface area contributed by atoms with Gasteiger partial charge in [-0.25, -0.2) is 6.29 Å². The number of aliphatic hydroxyl groups excluding tert-OH is 1. The molecule has 0 aliphatic carbocycles. The van der Waals surface area contributed by atoms with Gasteiger partial charge < -0.3 is 9.90 Å². The molecule has 0 bridgehead atoms. The van der Waals surface area contributed by atoms with Crippen molar-refractivity contribution in [1.82, 2.24) is 0 Å². The van der Waals surface area contributed by atoms with Crippen molar-refractivity contribution >= 4 is 6.29 Å². The first-order chi connectivity index (χ1) is 2.27. The molecule has 1 unspecified atom stereocenters. The fourth-order valence-corrected chi connectivity index (χ4v) is 0. The number of carbonyl (C=O) groups excluding carboxylic acids is 1. The van der Waals surface area contributed by atoms with Gasteiger partial charge in [-0.2, -0.15) is 0 Å². The van der Waals surface area contributed by atoms with Crippen LogP contribution in [0.25, 0.3) is 0 Å². The van der Waals surface area contributed by atoms with Crippen molar-refractivity contribution in [2.75, 3.05) is 0 Å². The topological polar surface area (TPSA) is 37.3 Å². The number of hydrogen-bond acceptors (Lipinski definition) is 2. The molecule has 1 atom stereocenters. The zero-order chi connectivity index (χ0) is 4.28. The smallest absolute Gasteiger partial charge is 0.539 e. The van der Waals surface area contributed by atoms with Gasteiger partial charge in [0.25, 0.3) is 0 Å². The second-order valence-corrected chi connectivity index (χ2v) is 0.794. The summed E-state index contributed by atoms with van der Waals surface area (Å²) in [6, 6.07) is 0. The van der Waals surface area contributed by atoms with Crippen LogP contribution in [0, 0.1) is 0 Å². The SMILES string of the molecule is CC(O)[C-]=O.[Na+]. The van der Waals surface area contributed by atoms with Crippen LogP contribution in [0.5, 0.6) is 0 Å². The molecular weight excluding hydrogens is 91.0 g/mol. The summed E-state index contributed by atoms with van der Waals surface area (Å²) in [5.41, 5.74) is 0. The van der Waals surface area contributed by atoms with E-state index >= 15 is 0 Å². The Hall–Kier alpha value is 0.630. The van der Waals surface area contributed by atoms with E-state index in [9.17, 15) is 0 Å². The standard InChI is InChI=1S/C3H5O2.Na/c1-3(5)2-4;/h3,5H,1H3;/q-1;+1. The van der Waals surface area contributed by atoms with Crippen molar-refractivity contribution in [2.24, 2.45) is 0 Å². The molecule has 0 aromatic carbocycles. The molecule has 2 nitrogen and oxygen atoms in total. The molecule has 0 aliphatic rings. The van der Waals surface area contributed by atoms with Crippen molar-refractivity contribution in [3.63, 3.8) is 0 Å². The summed E-state index contributed by atoms with van der Waals surface area (Å²) in [4.78, 5) is 9.13.